The van der Waals surface area contributed by atoms with Gasteiger partial charge in [0, 0.05) is 16.0 Å². The van der Waals surface area contributed by atoms with Crippen molar-refractivity contribution in [3.63, 3.8) is 0 Å². The largest absolute Gasteiger partial charge is 0.507 e. The summed E-state index contributed by atoms with van der Waals surface area (Å²) < 4.78 is 19.9. The van der Waals surface area contributed by atoms with Crippen molar-refractivity contribution in [3.8, 4) is 5.75 Å². The first-order chi connectivity index (χ1) is 14.9. The van der Waals surface area contributed by atoms with E-state index in [1.807, 2.05) is 17.5 Å². The first-order valence-electron chi connectivity index (χ1n) is 9.31. The van der Waals surface area contributed by atoms with Gasteiger partial charge in [-0.2, -0.15) is 0 Å². The highest BCUT2D eigenvalue weighted by Gasteiger charge is 2.47. The van der Waals surface area contributed by atoms with E-state index in [9.17, 15) is 19.1 Å². The zero-order valence-corrected chi connectivity index (χ0v) is 17.9. The van der Waals surface area contributed by atoms with E-state index in [2.05, 4.69) is 0 Å². The first kappa shape index (κ1) is 21.1. The Kier molecular flexibility index (Phi) is 5.80. The summed E-state index contributed by atoms with van der Waals surface area (Å²) in [5, 5.41) is 13.1. The minimum Gasteiger partial charge on any atom is -0.507 e. The Hall–Kier alpha value is -3.16. The van der Waals surface area contributed by atoms with E-state index in [-0.39, 0.29) is 28.3 Å². The van der Waals surface area contributed by atoms with Crippen molar-refractivity contribution in [1.82, 2.24) is 4.90 Å². The molecule has 1 unspecified atom stereocenters. The van der Waals surface area contributed by atoms with Crippen LogP contribution in [0.25, 0.3) is 5.76 Å². The quantitative estimate of drug-likeness (QED) is 0.326. The van der Waals surface area contributed by atoms with Gasteiger partial charge in [-0.3, -0.25) is 9.59 Å². The number of methoxy groups -OCH3 is 1. The molecule has 4 rings (SSSR count). The number of rotatable bonds is 5. The van der Waals surface area contributed by atoms with E-state index in [4.69, 9.17) is 16.3 Å². The number of thiophene rings is 1. The van der Waals surface area contributed by atoms with Crippen LogP contribution in [0.1, 0.15) is 22.0 Å². The molecule has 1 saturated heterocycles. The Morgan fingerprint density at radius 2 is 1.97 bits per heavy atom. The molecule has 0 saturated carbocycles. The zero-order chi connectivity index (χ0) is 22.1. The van der Waals surface area contributed by atoms with Gasteiger partial charge in [0.2, 0.25) is 0 Å². The molecule has 1 aliphatic heterocycles. The second kappa shape index (κ2) is 8.53. The molecule has 0 radical (unpaired) electrons. The van der Waals surface area contributed by atoms with Gasteiger partial charge < -0.3 is 14.7 Å². The van der Waals surface area contributed by atoms with Crippen LogP contribution in [0.2, 0.25) is 5.02 Å². The van der Waals surface area contributed by atoms with E-state index in [0.717, 1.165) is 4.88 Å². The minimum absolute atomic E-state index is 0.112. The fraction of sp³-hybridized carbons (Fsp3) is 0.130. The number of aliphatic hydroxyl groups excluding tert-OH is 1. The molecule has 1 aliphatic rings. The average Bonchev–Trinajstić information content (AvgIpc) is 3.36. The van der Waals surface area contributed by atoms with Crippen molar-refractivity contribution >= 4 is 40.4 Å². The van der Waals surface area contributed by atoms with Gasteiger partial charge >= 0.3 is 0 Å². The van der Waals surface area contributed by atoms with Crippen molar-refractivity contribution in [2.75, 3.05) is 7.11 Å². The molecule has 1 fully saturated rings. The van der Waals surface area contributed by atoms with Gasteiger partial charge in [0.15, 0.2) is 0 Å². The van der Waals surface area contributed by atoms with E-state index in [1.165, 1.54) is 59.7 Å². The highest BCUT2D eigenvalue weighted by atomic mass is 35.5. The number of ketones is 1. The van der Waals surface area contributed by atoms with E-state index < -0.39 is 29.3 Å². The van der Waals surface area contributed by atoms with Crippen molar-refractivity contribution in [1.29, 1.82) is 0 Å². The molecule has 8 heteroatoms. The van der Waals surface area contributed by atoms with E-state index in [0.29, 0.717) is 5.75 Å². The smallest absolute Gasteiger partial charge is 0.295 e. The standard InChI is InChI=1S/C23H17ClFNO4S/c1-30-18-9-8-13(11-16(18)24)21(27)19-20(15-6-2-3-7-17(15)25)26(23(29)22(19)28)12-14-5-4-10-31-14/h2-11,20,27H,12H2,1H3/b21-19+. The molecule has 0 bridgehead atoms. The van der Waals surface area contributed by atoms with Crippen LogP contribution in [0.4, 0.5) is 4.39 Å². The van der Waals surface area contributed by atoms with Gasteiger partial charge in [-0.25, -0.2) is 4.39 Å². The number of ether oxygens (including phenoxy) is 1. The number of hydrogen-bond acceptors (Lipinski definition) is 5. The number of Topliss-reactive ketones (excluding diaryl/α,β-unsaturated/α-hetero) is 1. The third-order valence-corrected chi connectivity index (χ3v) is 6.23. The Morgan fingerprint density at radius 1 is 1.19 bits per heavy atom. The number of carbonyl (C=O) groups is 2. The van der Waals surface area contributed by atoms with Crippen LogP contribution >= 0.6 is 22.9 Å². The first-order valence-corrected chi connectivity index (χ1v) is 10.6. The lowest BCUT2D eigenvalue weighted by atomic mass is 9.95. The normalized spacial score (nSPS) is 17.9. The number of nitrogens with zero attached hydrogens (tertiary/aromatic N) is 1. The summed E-state index contributed by atoms with van der Waals surface area (Å²) in [4.78, 5) is 28.0. The number of likely N-dealkylation sites (tertiary alicyclic amines) is 1. The molecule has 2 heterocycles. The maximum absolute atomic E-state index is 14.8. The maximum atomic E-state index is 14.8. The minimum atomic E-state index is -1.08. The van der Waals surface area contributed by atoms with Gasteiger partial charge in [-0.05, 0) is 35.7 Å². The van der Waals surface area contributed by atoms with Crippen LogP contribution < -0.4 is 4.74 Å². The summed E-state index contributed by atoms with van der Waals surface area (Å²) in [6, 6.07) is 13.0. The fourth-order valence-corrected chi connectivity index (χ4v) is 4.56. The lowest BCUT2D eigenvalue weighted by molar-refractivity contribution is -0.140. The van der Waals surface area contributed by atoms with Crippen LogP contribution in [-0.2, 0) is 16.1 Å². The summed E-state index contributed by atoms with van der Waals surface area (Å²) in [6.07, 6.45) is 0. The lowest BCUT2D eigenvalue weighted by Crippen LogP contribution is -2.29. The summed E-state index contributed by atoms with van der Waals surface area (Å²) in [5.74, 6) is -2.30. The maximum Gasteiger partial charge on any atom is 0.295 e. The summed E-state index contributed by atoms with van der Waals surface area (Å²) in [6.45, 7) is 0.112. The SMILES string of the molecule is COc1ccc(/C(O)=C2\C(=O)C(=O)N(Cc3cccs3)C2c2ccccc2F)cc1Cl. The second-order valence-corrected chi connectivity index (χ2v) is 8.32. The Morgan fingerprint density at radius 3 is 2.61 bits per heavy atom. The highest BCUT2D eigenvalue weighted by molar-refractivity contribution is 7.09. The Labute approximate surface area is 187 Å². The average molecular weight is 458 g/mol. The molecule has 0 spiro atoms. The molecule has 1 amide bonds. The molecule has 31 heavy (non-hydrogen) atoms. The third-order valence-electron chi connectivity index (χ3n) is 5.07. The molecule has 1 atom stereocenters. The van der Waals surface area contributed by atoms with Gasteiger partial charge in [-0.1, -0.05) is 35.9 Å². The fourth-order valence-electron chi connectivity index (χ4n) is 3.60. The molecule has 1 aromatic heterocycles. The molecular weight excluding hydrogens is 441 g/mol. The summed E-state index contributed by atoms with van der Waals surface area (Å²) in [5.41, 5.74) is 0.161. The molecule has 1 N–H and O–H groups in total. The van der Waals surface area contributed by atoms with Crippen LogP contribution in [-0.4, -0.2) is 28.8 Å². The van der Waals surface area contributed by atoms with Gasteiger partial charge in [0.25, 0.3) is 11.7 Å². The number of amides is 1. The lowest BCUT2D eigenvalue weighted by Gasteiger charge is -2.25. The van der Waals surface area contributed by atoms with E-state index >= 15 is 0 Å². The van der Waals surface area contributed by atoms with Gasteiger partial charge in [0.05, 0.1) is 30.3 Å². The van der Waals surface area contributed by atoms with Gasteiger partial charge in [0.1, 0.15) is 17.3 Å². The number of carbonyl (C=O) groups excluding carboxylic acids is 2. The van der Waals surface area contributed by atoms with Crippen molar-refractivity contribution in [2.24, 2.45) is 0 Å². The molecule has 5 nitrogen and oxygen atoms in total. The van der Waals surface area contributed by atoms with Crippen LogP contribution in [0.15, 0.2) is 65.6 Å². The van der Waals surface area contributed by atoms with Crippen LogP contribution in [0.3, 0.4) is 0 Å². The number of aliphatic hydroxyl groups is 1. The monoisotopic (exact) mass is 457 g/mol. The second-order valence-electron chi connectivity index (χ2n) is 6.88. The van der Waals surface area contributed by atoms with Crippen molar-refractivity contribution in [2.45, 2.75) is 12.6 Å². The molecule has 3 aromatic rings. The molecule has 158 valence electrons. The topological polar surface area (TPSA) is 66.8 Å². The predicted molar refractivity (Wildman–Crippen MR) is 117 cm³/mol. The summed E-state index contributed by atoms with van der Waals surface area (Å²) in [7, 11) is 1.45. The Balaban J connectivity index is 1.89. The molecular formula is C23H17ClFNO4S. The summed E-state index contributed by atoms with van der Waals surface area (Å²) >= 11 is 7.59. The van der Waals surface area contributed by atoms with Crippen LogP contribution in [0, 0.1) is 5.82 Å². The highest BCUT2D eigenvalue weighted by Crippen LogP contribution is 2.42. The zero-order valence-electron chi connectivity index (χ0n) is 16.3. The van der Waals surface area contributed by atoms with Crippen LogP contribution in [0.5, 0.6) is 5.75 Å². The van der Waals surface area contributed by atoms with Crippen molar-refractivity contribution in [3.05, 3.63) is 92.4 Å². The number of hydrogen-bond donors (Lipinski definition) is 1. The molecule has 0 aliphatic carbocycles. The predicted octanol–water partition coefficient (Wildman–Crippen LogP) is 5.17. The third kappa shape index (κ3) is 3.82. The van der Waals surface area contributed by atoms with E-state index in [1.54, 1.807) is 6.07 Å². The van der Waals surface area contributed by atoms with Gasteiger partial charge in [-0.15, -0.1) is 11.3 Å². The molecule has 2 aromatic carbocycles. The number of halogens is 2. The number of benzene rings is 2. The Bertz CT molecular complexity index is 1190. The van der Waals surface area contributed by atoms with Crippen molar-refractivity contribution < 1.29 is 23.8 Å².